The Kier molecular flexibility index (Phi) is 3.49. The van der Waals surface area contributed by atoms with E-state index in [-0.39, 0.29) is 10.9 Å². The molecule has 0 saturated carbocycles. The zero-order chi connectivity index (χ0) is 14.9. The zero-order valence-electron chi connectivity index (χ0n) is 10.2. The van der Waals surface area contributed by atoms with Crippen molar-refractivity contribution in [1.82, 2.24) is 10.5 Å². The number of hydrogen-bond acceptors (Lipinski definition) is 4. The number of carbonyl (C=O) groups is 1. The van der Waals surface area contributed by atoms with Crippen LogP contribution in [0.25, 0.3) is 10.9 Å². The van der Waals surface area contributed by atoms with E-state index in [0.29, 0.717) is 11.2 Å². The topological polar surface area (TPSA) is 71.5 Å². The van der Waals surface area contributed by atoms with Crippen molar-refractivity contribution in [1.29, 1.82) is 0 Å². The first-order chi connectivity index (χ1) is 9.30. The van der Waals surface area contributed by atoms with Crippen molar-refractivity contribution in [2.45, 2.75) is 13.3 Å². The molecule has 1 amide bonds. The van der Waals surface area contributed by atoms with E-state index in [0.717, 1.165) is 12.1 Å². The van der Waals surface area contributed by atoms with Gasteiger partial charge in [0.05, 0.1) is 11.1 Å². The van der Waals surface area contributed by atoms with Gasteiger partial charge in [-0.3, -0.25) is 15.0 Å². The van der Waals surface area contributed by atoms with Gasteiger partial charge >= 0.3 is 6.36 Å². The van der Waals surface area contributed by atoms with Crippen LogP contribution in [0, 0.1) is 6.92 Å². The molecule has 1 heterocycles. The maximum Gasteiger partial charge on any atom is 0.573 e. The predicted octanol–water partition coefficient (Wildman–Crippen LogP) is 2.56. The largest absolute Gasteiger partial charge is 0.573 e. The summed E-state index contributed by atoms with van der Waals surface area (Å²) in [6.07, 6.45) is -4.83. The average molecular weight is 286 g/mol. The molecule has 2 N–H and O–H groups in total. The molecule has 0 aliphatic rings. The number of carbonyl (C=O) groups excluding carboxylic acids is 1. The third-order valence-electron chi connectivity index (χ3n) is 2.49. The van der Waals surface area contributed by atoms with Crippen LogP contribution in [0.3, 0.4) is 0 Å². The molecule has 1 aromatic heterocycles. The van der Waals surface area contributed by atoms with Crippen LogP contribution in [-0.2, 0) is 0 Å². The number of nitrogens with zero attached hydrogens (tertiary/aromatic N) is 1. The number of hydrogen-bond donors (Lipinski definition) is 2. The summed E-state index contributed by atoms with van der Waals surface area (Å²) >= 11 is 0. The van der Waals surface area contributed by atoms with Gasteiger partial charge in [0, 0.05) is 11.1 Å². The maximum absolute atomic E-state index is 12.2. The van der Waals surface area contributed by atoms with Gasteiger partial charge in [-0.2, -0.15) is 0 Å². The van der Waals surface area contributed by atoms with Crippen molar-refractivity contribution < 1.29 is 27.9 Å². The van der Waals surface area contributed by atoms with Gasteiger partial charge in [0.15, 0.2) is 0 Å². The Morgan fingerprint density at radius 2 is 2.05 bits per heavy atom. The third kappa shape index (κ3) is 2.97. The molecular formula is C12H9F3N2O3. The molecule has 0 fully saturated rings. The number of benzene rings is 1. The van der Waals surface area contributed by atoms with E-state index in [9.17, 15) is 18.0 Å². The second kappa shape index (κ2) is 4.97. The number of pyridine rings is 1. The lowest BCUT2D eigenvalue weighted by molar-refractivity contribution is -0.274. The van der Waals surface area contributed by atoms with Crippen LogP contribution in [-0.4, -0.2) is 22.5 Å². The molecule has 8 heteroatoms. The van der Waals surface area contributed by atoms with E-state index in [1.807, 2.05) is 0 Å². The summed E-state index contributed by atoms with van der Waals surface area (Å²) in [6, 6.07) is 4.80. The molecule has 0 unspecified atom stereocenters. The summed E-state index contributed by atoms with van der Waals surface area (Å²) in [7, 11) is 0. The Balaban J connectivity index is 2.60. The predicted molar refractivity (Wildman–Crippen MR) is 62.4 cm³/mol. The van der Waals surface area contributed by atoms with E-state index in [2.05, 4.69) is 9.72 Å². The molecule has 0 spiro atoms. The SMILES string of the molecule is Cc1cc(C(=O)NO)c2cc(OC(F)(F)F)ccc2n1. The standard InChI is InChI=1S/C12H9F3N2O3/c1-6-4-9(11(18)17-19)8-5-7(20-12(13,14)15)2-3-10(8)16-6/h2-5,19H,1H3,(H,17,18). The van der Waals surface area contributed by atoms with Crippen molar-refractivity contribution in [2.75, 3.05) is 0 Å². The summed E-state index contributed by atoms with van der Waals surface area (Å²) < 4.78 is 40.3. The number of rotatable bonds is 2. The highest BCUT2D eigenvalue weighted by Crippen LogP contribution is 2.28. The van der Waals surface area contributed by atoms with E-state index < -0.39 is 18.0 Å². The molecule has 2 rings (SSSR count). The van der Waals surface area contributed by atoms with Gasteiger partial charge in [0.1, 0.15) is 5.75 Å². The monoisotopic (exact) mass is 286 g/mol. The number of nitrogens with one attached hydrogen (secondary N) is 1. The quantitative estimate of drug-likeness (QED) is 0.657. The van der Waals surface area contributed by atoms with Crippen molar-refractivity contribution in [3.8, 4) is 5.75 Å². The Labute approximate surface area is 110 Å². The fraction of sp³-hybridized carbons (Fsp3) is 0.167. The molecule has 0 saturated heterocycles. The number of halogens is 3. The molecule has 106 valence electrons. The number of amides is 1. The molecule has 1 aromatic carbocycles. The average Bonchev–Trinajstić information content (AvgIpc) is 2.35. The molecule has 0 bridgehead atoms. The van der Waals surface area contributed by atoms with Gasteiger partial charge in [-0.1, -0.05) is 0 Å². The summed E-state index contributed by atoms with van der Waals surface area (Å²) in [5.74, 6) is -1.31. The second-order valence-electron chi connectivity index (χ2n) is 3.98. The van der Waals surface area contributed by atoms with Crippen LogP contribution in [0.15, 0.2) is 24.3 Å². The Bertz CT molecular complexity index is 671. The highest BCUT2D eigenvalue weighted by Gasteiger charge is 2.31. The minimum absolute atomic E-state index is 0.00243. The molecule has 0 aliphatic heterocycles. The first-order valence-corrected chi connectivity index (χ1v) is 5.42. The van der Waals surface area contributed by atoms with Gasteiger partial charge in [-0.15, -0.1) is 13.2 Å². The number of alkyl halides is 3. The summed E-state index contributed by atoms with van der Waals surface area (Å²) in [5, 5.41) is 8.81. The van der Waals surface area contributed by atoms with E-state index in [1.165, 1.54) is 17.6 Å². The first kappa shape index (κ1) is 14.1. The van der Waals surface area contributed by atoms with Crippen LogP contribution in [0.4, 0.5) is 13.2 Å². The molecule has 0 radical (unpaired) electrons. The van der Waals surface area contributed by atoms with Gasteiger partial charge in [0.25, 0.3) is 5.91 Å². The Hall–Kier alpha value is -2.35. The number of aromatic nitrogens is 1. The zero-order valence-corrected chi connectivity index (χ0v) is 10.2. The Morgan fingerprint density at radius 3 is 2.65 bits per heavy atom. The van der Waals surface area contributed by atoms with Crippen molar-refractivity contribution in [3.63, 3.8) is 0 Å². The number of ether oxygens (including phenoxy) is 1. The lowest BCUT2D eigenvalue weighted by Crippen LogP contribution is -2.20. The van der Waals surface area contributed by atoms with Crippen molar-refractivity contribution in [2.24, 2.45) is 0 Å². The van der Waals surface area contributed by atoms with Crippen LogP contribution >= 0.6 is 0 Å². The van der Waals surface area contributed by atoms with Crippen LogP contribution < -0.4 is 10.2 Å². The number of aryl methyl sites for hydroxylation is 1. The van der Waals surface area contributed by atoms with Crippen molar-refractivity contribution in [3.05, 3.63) is 35.5 Å². The molecule has 2 aromatic rings. The van der Waals surface area contributed by atoms with Crippen LogP contribution in [0.5, 0.6) is 5.75 Å². The Morgan fingerprint density at radius 1 is 1.35 bits per heavy atom. The lowest BCUT2D eigenvalue weighted by atomic mass is 10.1. The first-order valence-electron chi connectivity index (χ1n) is 5.42. The highest BCUT2D eigenvalue weighted by molar-refractivity contribution is 6.06. The molecule has 20 heavy (non-hydrogen) atoms. The minimum atomic E-state index is -4.83. The normalized spacial score (nSPS) is 11.4. The molecule has 5 nitrogen and oxygen atoms in total. The van der Waals surface area contributed by atoms with Gasteiger partial charge in [0.2, 0.25) is 0 Å². The van der Waals surface area contributed by atoms with Gasteiger partial charge in [-0.05, 0) is 31.2 Å². The van der Waals surface area contributed by atoms with Crippen molar-refractivity contribution >= 4 is 16.8 Å². The fourth-order valence-electron chi connectivity index (χ4n) is 1.78. The lowest BCUT2D eigenvalue weighted by Gasteiger charge is -2.11. The van der Waals surface area contributed by atoms with Gasteiger partial charge < -0.3 is 4.74 Å². The molecule has 0 aliphatic carbocycles. The summed E-state index contributed by atoms with van der Waals surface area (Å²) in [5.41, 5.74) is 2.25. The fourth-order valence-corrected chi connectivity index (χ4v) is 1.78. The van der Waals surface area contributed by atoms with Crippen LogP contribution in [0.2, 0.25) is 0 Å². The molecular weight excluding hydrogens is 277 g/mol. The molecule has 0 atom stereocenters. The summed E-state index contributed by atoms with van der Waals surface area (Å²) in [4.78, 5) is 15.6. The minimum Gasteiger partial charge on any atom is -0.406 e. The summed E-state index contributed by atoms with van der Waals surface area (Å²) in [6.45, 7) is 1.62. The van der Waals surface area contributed by atoms with Gasteiger partial charge in [-0.25, -0.2) is 5.48 Å². The van der Waals surface area contributed by atoms with E-state index in [4.69, 9.17) is 5.21 Å². The van der Waals surface area contributed by atoms with E-state index in [1.54, 1.807) is 6.92 Å². The van der Waals surface area contributed by atoms with Crippen LogP contribution in [0.1, 0.15) is 16.1 Å². The smallest absolute Gasteiger partial charge is 0.406 e. The number of fused-ring (bicyclic) bond motifs is 1. The highest BCUT2D eigenvalue weighted by atomic mass is 19.4. The van der Waals surface area contributed by atoms with E-state index >= 15 is 0 Å². The maximum atomic E-state index is 12.2. The third-order valence-corrected chi connectivity index (χ3v) is 2.49. The second-order valence-corrected chi connectivity index (χ2v) is 3.98. The number of hydroxylamine groups is 1.